The van der Waals surface area contributed by atoms with E-state index < -0.39 is 21.8 Å². The molecule has 1 aromatic rings. The van der Waals surface area contributed by atoms with Gasteiger partial charge in [0, 0.05) is 0 Å². The lowest BCUT2D eigenvalue weighted by molar-refractivity contribution is -0.163. The lowest BCUT2D eigenvalue weighted by Crippen LogP contribution is -2.37. The molecule has 0 radical (unpaired) electrons. The van der Waals surface area contributed by atoms with Crippen LogP contribution < -0.4 is 0 Å². The Hall–Kier alpha value is -1.40. The Balaban J connectivity index is 1.99. The Labute approximate surface area is 150 Å². The van der Waals surface area contributed by atoms with Gasteiger partial charge in [0.2, 0.25) is 0 Å². The summed E-state index contributed by atoms with van der Waals surface area (Å²) in [6.07, 6.45) is 1.22. The first-order valence-electron chi connectivity index (χ1n) is 8.71. The summed E-state index contributed by atoms with van der Waals surface area (Å²) in [7, 11) is -3.78. The molecule has 140 valence electrons. The van der Waals surface area contributed by atoms with Gasteiger partial charge in [0.15, 0.2) is 0 Å². The summed E-state index contributed by atoms with van der Waals surface area (Å²) < 4.78 is 35.7. The molecule has 1 saturated carbocycles. The van der Waals surface area contributed by atoms with Crippen LogP contribution in [0.1, 0.15) is 52.5 Å². The number of esters is 1. The first kappa shape index (κ1) is 19.9. The van der Waals surface area contributed by atoms with Gasteiger partial charge in [0.05, 0.1) is 16.9 Å². The maximum absolute atomic E-state index is 12.4. The van der Waals surface area contributed by atoms with E-state index in [-0.39, 0.29) is 22.7 Å². The molecule has 0 bridgehead atoms. The van der Waals surface area contributed by atoms with Gasteiger partial charge in [-0.15, -0.1) is 0 Å². The number of aryl methyl sites for hydroxylation is 1. The van der Waals surface area contributed by atoms with Crippen molar-refractivity contribution < 1.29 is 22.1 Å². The van der Waals surface area contributed by atoms with Gasteiger partial charge in [-0.25, -0.2) is 0 Å². The zero-order valence-electron chi connectivity index (χ0n) is 15.6. The van der Waals surface area contributed by atoms with Crippen LogP contribution >= 0.6 is 0 Å². The van der Waals surface area contributed by atoms with Crippen LogP contribution in [0, 0.1) is 18.8 Å². The zero-order chi connectivity index (χ0) is 18.8. The second-order valence-electron chi connectivity index (χ2n) is 7.92. The van der Waals surface area contributed by atoms with Crippen molar-refractivity contribution in [1.82, 2.24) is 0 Å². The summed E-state index contributed by atoms with van der Waals surface area (Å²) in [5.74, 6) is -0.400. The second kappa shape index (κ2) is 7.46. The number of ether oxygens (including phenoxy) is 1. The van der Waals surface area contributed by atoms with Crippen molar-refractivity contribution in [2.24, 2.45) is 11.8 Å². The van der Waals surface area contributed by atoms with Crippen molar-refractivity contribution in [3.8, 4) is 0 Å². The number of carbonyl (C=O) groups excluding carboxylic acids is 1. The van der Waals surface area contributed by atoms with Gasteiger partial charge in [0.25, 0.3) is 10.1 Å². The van der Waals surface area contributed by atoms with Crippen LogP contribution in [-0.4, -0.2) is 26.1 Å². The normalized spacial score (nSPS) is 24.8. The Morgan fingerprint density at radius 3 is 2.24 bits per heavy atom. The molecule has 1 aliphatic carbocycles. The first-order valence-corrected chi connectivity index (χ1v) is 10.1. The maximum Gasteiger partial charge on any atom is 0.309 e. The van der Waals surface area contributed by atoms with Crippen LogP contribution in [0.15, 0.2) is 29.2 Å². The van der Waals surface area contributed by atoms with Crippen LogP contribution in [-0.2, 0) is 23.8 Å². The fourth-order valence-electron chi connectivity index (χ4n) is 3.10. The lowest BCUT2D eigenvalue weighted by atomic mass is 9.79. The van der Waals surface area contributed by atoms with Gasteiger partial charge in [0.1, 0.15) is 5.60 Å². The molecule has 0 aromatic heterocycles. The van der Waals surface area contributed by atoms with Crippen LogP contribution in [0.25, 0.3) is 0 Å². The lowest BCUT2D eigenvalue weighted by Gasteiger charge is -2.33. The molecule has 5 nitrogen and oxygen atoms in total. The van der Waals surface area contributed by atoms with Crippen LogP contribution in [0.2, 0.25) is 0 Å². The molecule has 25 heavy (non-hydrogen) atoms. The summed E-state index contributed by atoms with van der Waals surface area (Å²) >= 11 is 0. The minimum atomic E-state index is -3.78. The fraction of sp³-hybridized carbons (Fsp3) is 0.632. The fourth-order valence-corrected chi connectivity index (χ4v) is 4.22. The molecule has 6 heteroatoms. The molecule has 0 aliphatic heterocycles. The molecule has 0 amide bonds. The highest BCUT2D eigenvalue weighted by atomic mass is 32.2. The van der Waals surface area contributed by atoms with Crippen LogP contribution in [0.3, 0.4) is 0 Å². The van der Waals surface area contributed by atoms with Crippen molar-refractivity contribution in [1.29, 1.82) is 0 Å². The molecular formula is C19H28O5S. The molecule has 1 aromatic carbocycles. The SMILES string of the molecule is Cc1ccc(S(=O)(=O)OC2CC[C@@H](C(=O)OC(C)(C)C)[C@@H](C)C2)cc1. The van der Waals surface area contributed by atoms with E-state index in [1.54, 1.807) is 24.3 Å². The van der Waals surface area contributed by atoms with Crippen molar-refractivity contribution >= 4 is 16.1 Å². The minimum Gasteiger partial charge on any atom is -0.460 e. The summed E-state index contributed by atoms with van der Waals surface area (Å²) in [4.78, 5) is 12.5. The third-order valence-corrected chi connectivity index (χ3v) is 5.78. The summed E-state index contributed by atoms with van der Waals surface area (Å²) in [5, 5.41) is 0. The second-order valence-corrected chi connectivity index (χ2v) is 9.49. The van der Waals surface area contributed by atoms with E-state index >= 15 is 0 Å². The van der Waals surface area contributed by atoms with Crippen molar-refractivity contribution in [2.45, 2.75) is 70.5 Å². The highest BCUT2D eigenvalue weighted by Crippen LogP contribution is 2.34. The van der Waals surface area contributed by atoms with Crippen molar-refractivity contribution in [3.05, 3.63) is 29.8 Å². The average molecular weight is 368 g/mol. The largest absolute Gasteiger partial charge is 0.460 e. The number of benzene rings is 1. The molecule has 3 atom stereocenters. The molecule has 1 fully saturated rings. The molecule has 0 heterocycles. The predicted molar refractivity (Wildman–Crippen MR) is 95.6 cm³/mol. The average Bonchev–Trinajstić information content (AvgIpc) is 2.45. The third kappa shape index (κ3) is 5.54. The quantitative estimate of drug-likeness (QED) is 0.596. The van der Waals surface area contributed by atoms with E-state index in [4.69, 9.17) is 8.92 Å². The van der Waals surface area contributed by atoms with E-state index in [0.29, 0.717) is 19.3 Å². The number of hydrogen-bond donors (Lipinski definition) is 0. The molecule has 1 unspecified atom stereocenters. The number of carbonyl (C=O) groups is 1. The molecule has 2 rings (SSSR count). The molecular weight excluding hydrogens is 340 g/mol. The topological polar surface area (TPSA) is 69.7 Å². The van der Waals surface area contributed by atoms with Gasteiger partial charge in [-0.3, -0.25) is 8.98 Å². The molecule has 1 aliphatic rings. The Morgan fingerprint density at radius 2 is 1.72 bits per heavy atom. The van der Waals surface area contributed by atoms with E-state index in [1.807, 2.05) is 34.6 Å². The summed E-state index contributed by atoms with van der Waals surface area (Å²) in [6, 6.07) is 6.61. The van der Waals surface area contributed by atoms with E-state index in [2.05, 4.69) is 0 Å². The monoisotopic (exact) mass is 368 g/mol. The van der Waals surface area contributed by atoms with Gasteiger partial charge in [-0.05, 0) is 65.0 Å². The number of hydrogen-bond acceptors (Lipinski definition) is 5. The Kier molecular flexibility index (Phi) is 5.94. The Bertz CT molecular complexity index is 700. The van der Waals surface area contributed by atoms with E-state index in [0.717, 1.165) is 5.56 Å². The highest BCUT2D eigenvalue weighted by Gasteiger charge is 2.37. The van der Waals surface area contributed by atoms with Gasteiger partial charge in [-0.1, -0.05) is 24.6 Å². The molecule has 0 saturated heterocycles. The Morgan fingerprint density at radius 1 is 1.12 bits per heavy atom. The number of rotatable bonds is 4. The third-order valence-electron chi connectivity index (χ3n) is 4.40. The van der Waals surface area contributed by atoms with Gasteiger partial charge >= 0.3 is 5.97 Å². The van der Waals surface area contributed by atoms with Crippen LogP contribution in [0.4, 0.5) is 0 Å². The summed E-state index contributed by atoms with van der Waals surface area (Å²) in [6.45, 7) is 9.38. The predicted octanol–water partition coefficient (Wildman–Crippen LogP) is 3.85. The smallest absolute Gasteiger partial charge is 0.309 e. The standard InChI is InChI=1S/C19H28O5S/c1-13-6-9-16(10-7-13)25(21,22)24-15-8-11-17(14(2)12-15)18(20)23-19(3,4)5/h6-7,9-10,14-15,17H,8,11-12H2,1-5H3/t14-,15?,17+/m0/s1. The van der Waals surface area contributed by atoms with E-state index in [9.17, 15) is 13.2 Å². The minimum absolute atomic E-state index is 0.0156. The van der Waals surface area contributed by atoms with Crippen LogP contribution in [0.5, 0.6) is 0 Å². The van der Waals surface area contributed by atoms with Crippen molar-refractivity contribution in [3.63, 3.8) is 0 Å². The van der Waals surface area contributed by atoms with Gasteiger partial charge in [-0.2, -0.15) is 8.42 Å². The molecule has 0 N–H and O–H groups in total. The molecule has 0 spiro atoms. The summed E-state index contributed by atoms with van der Waals surface area (Å²) in [5.41, 5.74) is 0.476. The van der Waals surface area contributed by atoms with Gasteiger partial charge < -0.3 is 4.74 Å². The maximum atomic E-state index is 12.4. The first-order chi connectivity index (χ1) is 11.5. The zero-order valence-corrected chi connectivity index (χ0v) is 16.4. The highest BCUT2D eigenvalue weighted by molar-refractivity contribution is 7.86. The van der Waals surface area contributed by atoms with Crippen molar-refractivity contribution in [2.75, 3.05) is 0 Å². The van der Waals surface area contributed by atoms with E-state index in [1.165, 1.54) is 0 Å².